The Morgan fingerprint density at radius 2 is 2.39 bits per heavy atom. The molecule has 0 aliphatic carbocycles. The van der Waals surface area contributed by atoms with Crippen LogP contribution >= 0.6 is 11.3 Å². The van der Waals surface area contributed by atoms with Gasteiger partial charge in [-0.25, -0.2) is 4.98 Å². The zero-order valence-electron chi connectivity index (χ0n) is 11.7. The van der Waals surface area contributed by atoms with E-state index in [0.29, 0.717) is 18.0 Å². The molecule has 0 saturated carbocycles. The highest BCUT2D eigenvalue weighted by atomic mass is 32.1. The van der Waals surface area contributed by atoms with Crippen molar-refractivity contribution in [2.45, 2.75) is 45.7 Å². The van der Waals surface area contributed by atoms with Gasteiger partial charge in [0, 0.05) is 30.7 Å². The molecule has 18 heavy (non-hydrogen) atoms. The van der Waals surface area contributed by atoms with Crippen LogP contribution in [0, 0.1) is 5.92 Å². The molecule has 1 aromatic heterocycles. The van der Waals surface area contributed by atoms with Gasteiger partial charge in [-0.1, -0.05) is 20.8 Å². The summed E-state index contributed by atoms with van der Waals surface area (Å²) in [7, 11) is 0. The lowest BCUT2D eigenvalue weighted by molar-refractivity contribution is 0.176. The summed E-state index contributed by atoms with van der Waals surface area (Å²) in [6.45, 7) is 10.4. The van der Waals surface area contributed by atoms with Gasteiger partial charge in [-0.05, 0) is 25.3 Å². The monoisotopic (exact) mass is 267 g/mol. The second-order valence-corrected chi connectivity index (χ2v) is 6.37. The molecule has 0 aromatic carbocycles. The number of hydrogen-bond acceptors (Lipinski definition) is 4. The van der Waals surface area contributed by atoms with Gasteiger partial charge in [0.1, 0.15) is 5.01 Å². The molecule has 3 nitrogen and oxygen atoms in total. The molecule has 0 spiro atoms. The molecule has 2 heterocycles. The van der Waals surface area contributed by atoms with Crippen molar-refractivity contribution >= 4 is 11.3 Å². The number of aromatic nitrogens is 1. The van der Waals surface area contributed by atoms with Crippen LogP contribution in [0.1, 0.15) is 44.7 Å². The van der Waals surface area contributed by atoms with Crippen LogP contribution in [0.4, 0.5) is 0 Å². The summed E-state index contributed by atoms with van der Waals surface area (Å²) in [6, 6.07) is 1.12. The minimum absolute atomic E-state index is 0.506. The van der Waals surface area contributed by atoms with Crippen molar-refractivity contribution in [1.29, 1.82) is 0 Å². The van der Waals surface area contributed by atoms with Gasteiger partial charge >= 0.3 is 0 Å². The van der Waals surface area contributed by atoms with Gasteiger partial charge in [0.25, 0.3) is 0 Å². The Hall–Kier alpha value is -0.450. The SMILES string of the molecule is CCC(c1nccs1)N1CCCNC(C(C)C)C1. The molecule has 0 radical (unpaired) electrons. The first-order chi connectivity index (χ1) is 8.72. The fraction of sp³-hybridized carbons (Fsp3) is 0.786. The lowest BCUT2D eigenvalue weighted by Gasteiger charge is -2.32. The van der Waals surface area contributed by atoms with Crippen LogP contribution in [0.2, 0.25) is 0 Å². The minimum Gasteiger partial charge on any atom is -0.312 e. The Morgan fingerprint density at radius 1 is 1.56 bits per heavy atom. The van der Waals surface area contributed by atoms with Crippen molar-refractivity contribution in [3.05, 3.63) is 16.6 Å². The van der Waals surface area contributed by atoms with Crippen LogP contribution < -0.4 is 5.32 Å². The zero-order valence-corrected chi connectivity index (χ0v) is 12.5. The minimum atomic E-state index is 0.506. The summed E-state index contributed by atoms with van der Waals surface area (Å²) in [5, 5.41) is 7.05. The maximum Gasteiger partial charge on any atom is 0.110 e. The molecule has 2 unspecified atom stereocenters. The highest BCUT2D eigenvalue weighted by molar-refractivity contribution is 7.09. The van der Waals surface area contributed by atoms with Gasteiger partial charge in [0.05, 0.1) is 6.04 Å². The summed E-state index contributed by atoms with van der Waals surface area (Å²) in [4.78, 5) is 7.15. The van der Waals surface area contributed by atoms with Crippen LogP contribution in [0.25, 0.3) is 0 Å². The largest absolute Gasteiger partial charge is 0.312 e. The first kappa shape index (κ1) is 14.0. The molecule has 1 fully saturated rings. The van der Waals surface area contributed by atoms with E-state index in [4.69, 9.17) is 0 Å². The van der Waals surface area contributed by atoms with E-state index in [-0.39, 0.29) is 0 Å². The summed E-state index contributed by atoms with van der Waals surface area (Å²) in [6.07, 6.45) is 4.32. The van der Waals surface area contributed by atoms with Crippen LogP contribution in [-0.2, 0) is 0 Å². The van der Waals surface area contributed by atoms with E-state index in [1.165, 1.54) is 18.0 Å². The van der Waals surface area contributed by atoms with Crippen LogP contribution in [0.3, 0.4) is 0 Å². The molecule has 1 aliphatic heterocycles. The third-order valence-electron chi connectivity index (χ3n) is 3.83. The Kier molecular flexibility index (Phi) is 5.15. The van der Waals surface area contributed by atoms with Crippen molar-refractivity contribution in [2.24, 2.45) is 5.92 Å². The molecule has 0 bridgehead atoms. The van der Waals surface area contributed by atoms with E-state index < -0.39 is 0 Å². The molecule has 1 saturated heterocycles. The molecular weight excluding hydrogens is 242 g/mol. The topological polar surface area (TPSA) is 28.2 Å². The van der Waals surface area contributed by atoms with Gasteiger partial charge in [-0.3, -0.25) is 4.90 Å². The molecule has 4 heteroatoms. The summed E-state index contributed by atoms with van der Waals surface area (Å²) >= 11 is 1.79. The third-order valence-corrected chi connectivity index (χ3v) is 4.71. The van der Waals surface area contributed by atoms with Gasteiger partial charge in [0.2, 0.25) is 0 Å². The van der Waals surface area contributed by atoms with E-state index in [2.05, 4.69) is 41.4 Å². The summed E-state index contributed by atoms with van der Waals surface area (Å²) < 4.78 is 0. The Morgan fingerprint density at radius 3 is 3.00 bits per heavy atom. The first-order valence-electron chi connectivity index (χ1n) is 7.09. The number of rotatable bonds is 4. The summed E-state index contributed by atoms with van der Waals surface area (Å²) in [5.74, 6) is 0.694. The smallest absolute Gasteiger partial charge is 0.110 e. The van der Waals surface area contributed by atoms with Crippen molar-refractivity contribution < 1.29 is 0 Å². The fourth-order valence-electron chi connectivity index (χ4n) is 2.70. The van der Waals surface area contributed by atoms with E-state index >= 15 is 0 Å². The molecule has 2 atom stereocenters. The second-order valence-electron chi connectivity index (χ2n) is 5.45. The Balaban J connectivity index is 2.09. The Bertz CT molecular complexity index is 337. The van der Waals surface area contributed by atoms with Gasteiger partial charge in [-0.2, -0.15) is 0 Å². The maximum atomic E-state index is 4.52. The lowest BCUT2D eigenvalue weighted by atomic mass is 10.0. The summed E-state index contributed by atoms with van der Waals surface area (Å²) in [5.41, 5.74) is 0. The third kappa shape index (κ3) is 3.31. The normalized spacial score (nSPS) is 24.1. The number of thiazole rings is 1. The molecular formula is C14H25N3S. The molecule has 1 aliphatic rings. The average Bonchev–Trinajstić information content (AvgIpc) is 2.75. The van der Waals surface area contributed by atoms with Crippen molar-refractivity contribution in [3.63, 3.8) is 0 Å². The fourth-order valence-corrected chi connectivity index (χ4v) is 3.55. The Labute approximate surface area is 115 Å². The van der Waals surface area contributed by atoms with Gasteiger partial charge in [-0.15, -0.1) is 11.3 Å². The van der Waals surface area contributed by atoms with E-state index in [1.807, 2.05) is 6.20 Å². The van der Waals surface area contributed by atoms with Crippen molar-refractivity contribution in [3.8, 4) is 0 Å². The number of nitrogens with zero attached hydrogens (tertiary/aromatic N) is 2. The second kappa shape index (κ2) is 6.64. The zero-order chi connectivity index (χ0) is 13.0. The van der Waals surface area contributed by atoms with Crippen LogP contribution in [0.5, 0.6) is 0 Å². The number of hydrogen-bond donors (Lipinski definition) is 1. The van der Waals surface area contributed by atoms with E-state index in [0.717, 1.165) is 19.5 Å². The lowest BCUT2D eigenvalue weighted by Crippen LogP contribution is -2.42. The predicted octanol–water partition coefficient (Wildman–Crippen LogP) is 2.91. The molecule has 1 N–H and O–H groups in total. The van der Waals surface area contributed by atoms with Gasteiger partial charge in [0.15, 0.2) is 0 Å². The van der Waals surface area contributed by atoms with Crippen molar-refractivity contribution in [1.82, 2.24) is 15.2 Å². The first-order valence-corrected chi connectivity index (χ1v) is 7.97. The molecule has 2 rings (SSSR count). The van der Waals surface area contributed by atoms with Gasteiger partial charge < -0.3 is 5.32 Å². The molecule has 102 valence electrons. The average molecular weight is 267 g/mol. The highest BCUT2D eigenvalue weighted by Gasteiger charge is 2.26. The predicted molar refractivity (Wildman–Crippen MR) is 78.0 cm³/mol. The quantitative estimate of drug-likeness (QED) is 0.909. The van der Waals surface area contributed by atoms with E-state index in [1.54, 1.807) is 11.3 Å². The molecule has 1 aromatic rings. The van der Waals surface area contributed by atoms with Crippen molar-refractivity contribution in [2.75, 3.05) is 19.6 Å². The highest BCUT2D eigenvalue weighted by Crippen LogP contribution is 2.27. The van der Waals surface area contributed by atoms with Crippen LogP contribution in [0.15, 0.2) is 11.6 Å². The van der Waals surface area contributed by atoms with E-state index in [9.17, 15) is 0 Å². The molecule has 0 amide bonds. The maximum absolute atomic E-state index is 4.52. The number of nitrogens with one attached hydrogen (secondary N) is 1. The standard InChI is InChI=1S/C14H25N3S/c1-4-13(14-16-7-9-18-14)17-8-5-6-15-12(10-17)11(2)3/h7,9,11-13,15H,4-6,8,10H2,1-3H3. The van der Waals surface area contributed by atoms with Crippen LogP contribution in [-0.4, -0.2) is 35.6 Å².